The molecule has 156 valence electrons. The van der Waals surface area contributed by atoms with Crippen molar-refractivity contribution in [2.75, 3.05) is 67.1 Å². The molecule has 29 heavy (non-hydrogen) atoms. The first-order valence-corrected chi connectivity index (χ1v) is 11.0. The molecule has 2 N–H and O–H groups in total. The highest BCUT2D eigenvalue weighted by atomic mass is 35.5. The summed E-state index contributed by atoms with van der Waals surface area (Å²) in [6, 6.07) is 0. The van der Waals surface area contributed by atoms with E-state index >= 15 is 0 Å². The quantitative estimate of drug-likeness (QED) is 0.758. The van der Waals surface area contributed by atoms with Gasteiger partial charge in [-0.2, -0.15) is 9.97 Å². The van der Waals surface area contributed by atoms with Gasteiger partial charge in [0.2, 0.25) is 5.95 Å². The Kier molecular flexibility index (Phi) is 5.28. The van der Waals surface area contributed by atoms with E-state index in [0.29, 0.717) is 35.0 Å². The normalized spacial score (nSPS) is 21.4. The smallest absolute Gasteiger partial charge is 0.229 e. The molecule has 0 bridgehead atoms. The molecule has 0 atom stereocenters. The highest BCUT2D eigenvalue weighted by molar-refractivity contribution is 6.32. The van der Waals surface area contributed by atoms with Crippen molar-refractivity contribution in [1.82, 2.24) is 25.3 Å². The maximum Gasteiger partial charge on any atom is 0.229 e. The van der Waals surface area contributed by atoms with Crippen LogP contribution in [0.4, 0.5) is 17.6 Å². The van der Waals surface area contributed by atoms with Gasteiger partial charge in [-0.15, -0.1) is 0 Å². The summed E-state index contributed by atoms with van der Waals surface area (Å²) in [7, 11) is 0. The Bertz CT molecular complexity index is 876. The standard InChI is InChI=1S/C19H27ClN8O/c20-15-18(27-9-3-13(29)4-10-27)23-16-14(22-15)17(26-7-1-2-8-26)25-19(24-16)28-11-5-21-6-12-28/h13,21,29H,1-12H2. The monoisotopic (exact) mass is 418 g/mol. The van der Waals surface area contributed by atoms with Crippen LogP contribution in [0.2, 0.25) is 5.15 Å². The van der Waals surface area contributed by atoms with Crippen LogP contribution in [0.25, 0.3) is 11.2 Å². The first kappa shape index (κ1) is 19.0. The van der Waals surface area contributed by atoms with E-state index in [4.69, 9.17) is 31.5 Å². The molecule has 5 heterocycles. The van der Waals surface area contributed by atoms with Gasteiger partial charge in [-0.3, -0.25) is 0 Å². The van der Waals surface area contributed by atoms with Crippen LogP contribution in [0.5, 0.6) is 0 Å². The van der Waals surface area contributed by atoms with Crippen LogP contribution >= 0.6 is 11.6 Å². The summed E-state index contributed by atoms with van der Waals surface area (Å²) in [4.78, 5) is 25.8. The summed E-state index contributed by atoms with van der Waals surface area (Å²) in [6.45, 7) is 6.98. The maximum absolute atomic E-state index is 9.82. The van der Waals surface area contributed by atoms with E-state index in [1.165, 1.54) is 0 Å². The second kappa shape index (κ2) is 8.04. The van der Waals surface area contributed by atoms with E-state index in [1.54, 1.807) is 0 Å². The van der Waals surface area contributed by atoms with Crippen LogP contribution in [0, 0.1) is 0 Å². The van der Waals surface area contributed by atoms with E-state index in [2.05, 4.69) is 20.0 Å². The summed E-state index contributed by atoms with van der Waals surface area (Å²) in [5, 5.41) is 13.6. The predicted molar refractivity (Wildman–Crippen MR) is 114 cm³/mol. The fourth-order valence-corrected chi connectivity index (χ4v) is 4.57. The number of aliphatic hydroxyl groups is 1. The lowest BCUT2D eigenvalue weighted by Gasteiger charge is -2.31. The zero-order chi connectivity index (χ0) is 19.8. The minimum Gasteiger partial charge on any atom is -0.393 e. The zero-order valence-corrected chi connectivity index (χ0v) is 17.3. The third-order valence-electron chi connectivity index (χ3n) is 6.01. The summed E-state index contributed by atoms with van der Waals surface area (Å²) < 4.78 is 0. The van der Waals surface area contributed by atoms with Crippen molar-refractivity contribution in [3.63, 3.8) is 0 Å². The fraction of sp³-hybridized carbons (Fsp3) is 0.684. The van der Waals surface area contributed by atoms with E-state index in [9.17, 15) is 5.11 Å². The Morgan fingerprint density at radius 1 is 0.793 bits per heavy atom. The Hall–Kier alpha value is -1.97. The number of anilines is 3. The number of aliphatic hydroxyl groups excluding tert-OH is 1. The lowest BCUT2D eigenvalue weighted by molar-refractivity contribution is 0.145. The number of nitrogens with one attached hydrogen (secondary N) is 1. The number of fused-ring (bicyclic) bond motifs is 1. The second-order valence-electron chi connectivity index (χ2n) is 8.01. The highest BCUT2D eigenvalue weighted by Gasteiger charge is 2.26. The lowest BCUT2D eigenvalue weighted by atomic mass is 10.1. The molecular formula is C19H27ClN8O. The molecule has 0 radical (unpaired) electrons. The molecule has 2 aromatic heterocycles. The van der Waals surface area contributed by atoms with Gasteiger partial charge < -0.3 is 25.1 Å². The minimum atomic E-state index is -0.248. The van der Waals surface area contributed by atoms with Crippen molar-refractivity contribution in [1.29, 1.82) is 0 Å². The minimum absolute atomic E-state index is 0.248. The number of hydrogen-bond donors (Lipinski definition) is 2. The largest absolute Gasteiger partial charge is 0.393 e. The van der Waals surface area contributed by atoms with Crippen molar-refractivity contribution in [2.45, 2.75) is 31.8 Å². The number of rotatable bonds is 3. The van der Waals surface area contributed by atoms with Gasteiger partial charge in [0.1, 0.15) is 0 Å². The van der Waals surface area contributed by atoms with E-state index in [1.807, 2.05) is 0 Å². The number of aromatic nitrogens is 4. The molecule has 0 saturated carbocycles. The van der Waals surface area contributed by atoms with Crippen LogP contribution < -0.4 is 20.0 Å². The summed E-state index contributed by atoms with van der Waals surface area (Å²) in [6.07, 6.45) is 3.49. The topological polar surface area (TPSA) is 93.5 Å². The van der Waals surface area contributed by atoms with Crippen molar-refractivity contribution >= 4 is 40.3 Å². The number of hydrogen-bond acceptors (Lipinski definition) is 9. The average Bonchev–Trinajstić information content (AvgIpc) is 3.29. The van der Waals surface area contributed by atoms with E-state index in [0.717, 1.165) is 77.0 Å². The van der Waals surface area contributed by atoms with E-state index in [-0.39, 0.29) is 6.10 Å². The Morgan fingerprint density at radius 2 is 1.48 bits per heavy atom. The van der Waals surface area contributed by atoms with Crippen LogP contribution in [0.15, 0.2) is 0 Å². The molecular weight excluding hydrogens is 392 g/mol. The van der Waals surface area contributed by atoms with Gasteiger partial charge in [0.25, 0.3) is 0 Å². The molecule has 3 saturated heterocycles. The highest BCUT2D eigenvalue weighted by Crippen LogP contribution is 2.32. The summed E-state index contributed by atoms with van der Waals surface area (Å²) in [5.41, 5.74) is 1.28. The SMILES string of the molecule is OC1CCN(c2nc3nc(N4CCNCC4)nc(N4CCCC4)c3nc2Cl)CC1. The van der Waals surface area contributed by atoms with Gasteiger partial charge in [0.15, 0.2) is 28.0 Å². The summed E-state index contributed by atoms with van der Waals surface area (Å²) in [5.74, 6) is 2.22. The first-order valence-electron chi connectivity index (χ1n) is 10.6. The van der Waals surface area contributed by atoms with E-state index < -0.39 is 0 Å². The molecule has 0 amide bonds. The molecule has 0 unspecified atom stereocenters. The van der Waals surface area contributed by atoms with Crippen LogP contribution in [0.1, 0.15) is 25.7 Å². The summed E-state index contributed by atoms with van der Waals surface area (Å²) >= 11 is 6.57. The molecule has 0 aliphatic carbocycles. The molecule has 9 nitrogen and oxygen atoms in total. The van der Waals surface area contributed by atoms with Crippen LogP contribution in [-0.2, 0) is 0 Å². The lowest BCUT2D eigenvalue weighted by Crippen LogP contribution is -2.44. The van der Waals surface area contributed by atoms with Gasteiger partial charge in [-0.1, -0.05) is 11.6 Å². The van der Waals surface area contributed by atoms with Gasteiger partial charge in [0, 0.05) is 52.4 Å². The number of piperidine rings is 1. The van der Waals surface area contributed by atoms with Crippen molar-refractivity contribution < 1.29 is 5.11 Å². The van der Waals surface area contributed by atoms with Gasteiger partial charge in [-0.25, -0.2) is 9.97 Å². The third kappa shape index (κ3) is 3.78. The molecule has 2 aromatic rings. The molecule has 10 heteroatoms. The number of halogens is 1. The second-order valence-corrected chi connectivity index (χ2v) is 8.36. The van der Waals surface area contributed by atoms with Crippen LogP contribution in [-0.4, -0.2) is 83.5 Å². The van der Waals surface area contributed by atoms with Crippen molar-refractivity contribution in [2.24, 2.45) is 0 Å². The predicted octanol–water partition coefficient (Wildman–Crippen LogP) is 1.04. The van der Waals surface area contributed by atoms with Gasteiger partial charge in [-0.05, 0) is 25.7 Å². The fourth-order valence-electron chi connectivity index (χ4n) is 4.33. The number of piperazine rings is 1. The van der Waals surface area contributed by atoms with Crippen LogP contribution in [0.3, 0.4) is 0 Å². The van der Waals surface area contributed by atoms with Crippen molar-refractivity contribution in [3.8, 4) is 0 Å². The molecule has 3 aliphatic heterocycles. The Morgan fingerprint density at radius 3 is 2.21 bits per heavy atom. The molecule has 3 fully saturated rings. The molecule has 0 aromatic carbocycles. The zero-order valence-electron chi connectivity index (χ0n) is 16.5. The van der Waals surface area contributed by atoms with Crippen molar-refractivity contribution in [3.05, 3.63) is 5.15 Å². The average molecular weight is 419 g/mol. The Balaban J connectivity index is 1.58. The van der Waals surface area contributed by atoms with Gasteiger partial charge >= 0.3 is 0 Å². The maximum atomic E-state index is 9.82. The Labute approximate surface area is 175 Å². The molecule has 3 aliphatic rings. The number of nitrogens with zero attached hydrogens (tertiary/aromatic N) is 7. The molecule has 0 spiro atoms. The third-order valence-corrected chi connectivity index (χ3v) is 6.26. The first-order chi connectivity index (χ1) is 14.2. The van der Waals surface area contributed by atoms with Gasteiger partial charge in [0.05, 0.1) is 6.10 Å². The molecule has 5 rings (SSSR count).